The molecule has 1 saturated heterocycles. The molecule has 1 fully saturated rings. The van der Waals surface area contributed by atoms with Gasteiger partial charge in [-0.05, 0) is 53.0 Å². The van der Waals surface area contributed by atoms with Gasteiger partial charge in [0.1, 0.15) is 5.82 Å². The maximum atomic E-state index is 12.5. The number of carbonyl (C=O) groups is 1. The number of anilines is 1. The Hall–Kier alpha value is -2.35. The Morgan fingerprint density at radius 2 is 2.04 bits per heavy atom. The first-order valence-electron chi connectivity index (χ1n) is 7.33. The van der Waals surface area contributed by atoms with Crippen LogP contribution in [-0.4, -0.2) is 38.5 Å². The molecule has 0 radical (unpaired) electrons. The zero-order valence-corrected chi connectivity index (χ0v) is 13.8. The van der Waals surface area contributed by atoms with Gasteiger partial charge >= 0.3 is 0 Å². The first-order valence-corrected chi connectivity index (χ1v) is 8.12. The van der Waals surface area contributed by atoms with Gasteiger partial charge in [0.2, 0.25) is 5.82 Å². The summed E-state index contributed by atoms with van der Waals surface area (Å²) in [5, 5.41) is 4.33. The molecule has 4 rings (SSSR count). The summed E-state index contributed by atoms with van der Waals surface area (Å²) in [6.07, 6.45) is 2.10. The average molecular weight is 376 g/mol. The van der Waals surface area contributed by atoms with E-state index in [1.165, 1.54) is 4.52 Å². The van der Waals surface area contributed by atoms with Gasteiger partial charge in [-0.25, -0.2) is 4.98 Å². The number of furan rings is 1. The lowest BCUT2D eigenvalue weighted by atomic mass is 10.2. The Balaban J connectivity index is 1.76. The molecule has 4 heterocycles. The van der Waals surface area contributed by atoms with Crippen LogP contribution in [0.3, 0.4) is 0 Å². The van der Waals surface area contributed by atoms with Crippen LogP contribution in [0, 0.1) is 0 Å². The summed E-state index contributed by atoms with van der Waals surface area (Å²) >= 11 is 3.25. The van der Waals surface area contributed by atoms with Gasteiger partial charge in [-0.1, -0.05) is 0 Å². The van der Waals surface area contributed by atoms with Crippen molar-refractivity contribution in [1.82, 2.24) is 19.5 Å². The van der Waals surface area contributed by atoms with Crippen molar-refractivity contribution in [2.75, 3.05) is 18.8 Å². The van der Waals surface area contributed by atoms with Crippen LogP contribution in [-0.2, 0) is 0 Å². The molecule has 1 aliphatic rings. The van der Waals surface area contributed by atoms with Crippen LogP contribution in [0.1, 0.15) is 23.2 Å². The molecule has 0 aliphatic carbocycles. The van der Waals surface area contributed by atoms with Crippen molar-refractivity contribution in [3.8, 4) is 11.6 Å². The lowest BCUT2D eigenvalue weighted by Gasteiger charge is -2.15. The maximum absolute atomic E-state index is 12.5. The highest BCUT2D eigenvalue weighted by atomic mass is 79.9. The lowest BCUT2D eigenvalue weighted by Crippen LogP contribution is -2.27. The molecule has 0 bridgehead atoms. The molecule has 0 saturated carbocycles. The van der Waals surface area contributed by atoms with Gasteiger partial charge in [0, 0.05) is 18.7 Å². The number of amides is 1. The fraction of sp³-hybridized carbons (Fsp3) is 0.267. The quantitative estimate of drug-likeness (QED) is 0.743. The predicted octanol–water partition coefficient (Wildman–Crippen LogP) is 2.57. The number of hydrogen-bond acceptors (Lipinski definition) is 5. The molecule has 2 N–H and O–H groups in total. The summed E-state index contributed by atoms with van der Waals surface area (Å²) < 4.78 is 7.57. The number of fused-ring (bicyclic) bond motifs is 1. The third-order valence-electron chi connectivity index (χ3n) is 3.90. The normalized spacial score (nSPS) is 14.7. The summed E-state index contributed by atoms with van der Waals surface area (Å²) in [5.41, 5.74) is 7.10. The van der Waals surface area contributed by atoms with E-state index >= 15 is 0 Å². The van der Waals surface area contributed by atoms with Crippen molar-refractivity contribution in [2.24, 2.45) is 0 Å². The van der Waals surface area contributed by atoms with Gasteiger partial charge in [0.05, 0.1) is 0 Å². The monoisotopic (exact) mass is 375 g/mol. The van der Waals surface area contributed by atoms with Gasteiger partial charge in [0.15, 0.2) is 16.1 Å². The van der Waals surface area contributed by atoms with Crippen LogP contribution in [0.5, 0.6) is 0 Å². The van der Waals surface area contributed by atoms with Crippen LogP contribution in [0.15, 0.2) is 33.4 Å². The van der Waals surface area contributed by atoms with Crippen LogP contribution in [0.4, 0.5) is 5.82 Å². The Labute approximate surface area is 140 Å². The number of likely N-dealkylation sites (tertiary alicyclic amines) is 1. The van der Waals surface area contributed by atoms with Gasteiger partial charge in [-0.15, -0.1) is 5.10 Å². The third kappa shape index (κ3) is 2.48. The highest BCUT2D eigenvalue weighted by molar-refractivity contribution is 9.10. The number of pyridine rings is 1. The fourth-order valence-corrected chi connectivity index (χ4v) is 3.08. The Morgan fingerprint density at radius 3 is 2.74 bits per heavy atom. The second-order valence-corrected chi connectivity index (χ2v) is 6.26. The van der Waals surface area contributed by atoms with E-state index in [-0.39, 0.29) is 5.91 Å². The maximum Gasteiger partial charge on any atom is 0.254 e. The van der Waals surface area contributed by atoms with E-state index in [9.17, 15) is 4.79 Å². The SMILES string of the molecule is Nc1cc(C(=O)N2CCCC2)cc2nc(-c3ccc(Br)o3)nn12. The number of nitrogens with two attached hydrogens (primary N) is 1. The van der Waals surface area contributed by atoms with Crippen molar-refractivity contribution < 1.29 is 9.21 Å². The van der Waals surface area contributed by atoms with Crippen molar-refractivity contribution in [3.05, 3.63) is 34.5 Å². The first-order chi connectivity index (χ1) is 11.1. The van der Waals surface area contributed by atoms with E-state index in [2.05, 4.69) is 26.0 Å². The smallest absolute Gasteiger partial charge is 0.254 e. The van der Waals surface area contributed by atoms with Crippen LogP contribution in [0.25, 0.3) is 17.2 Å². The topological polar surface area (TPSA) is 89.7 Å². The second-order valence-electron chi connectivity index (χ2n) is 5.48. The molecule has 0 unspecified atom stereocenters. The fourth-order valence-electron chi connectivity index (χ4n) is 2.77. The Bertz CT molecular complexity index is 895. The molecule has 0 atom stereocenters. The molecule has 8 heteroatoms. The highest BCUT2D eigenvalue weighted by Crippen LogP contribution is 2.24. The molecule has 7 nitrogen and oxygen atoms in total. The standard InChI is InChI=1S/C15H14BrN5O2/c16-11-4-3-10(23-11)14-18-13-8-9(7-12(17)21(13)19-14)15(22)20-5-1-2-6-20/h3-4,7-8H,1-2,5-6,17H2. The van der Waals surface area contributed by atoms with E-state index in [1.807, 2.05) is 4.90 Å². The molecule has 0 spiro atoms. The summed E-state index contributed by atoms with van der Waals surface area (Å²) in [7, 11) is 0. The zero-order chi connectivity index (χ0) is 16.0. The van der Waals surface area contributed by atoms with Gasteiger partial charge in [-0.3, -0.25) is 4.79 Å². The molecular weight excluding hydrogens is 362 g/mol. The highest BCUT2D eigenvalue weighted by Gasteiger charge is 2.21. The minimum atomic E-state index is -0.0120. The molecular formula is C15H14BrN5O2. The van der Waals surface area contributed by atoms with E-state index in [0.717, 1.165) is 25.9 Å². The number of rotatable bonds is 2. The number of hydrogen-bond donors (Lipinski definition) is 1. The zero-order valence-electron chi connectivity index (χ0n) is 12.2. The van der Waals surface area contributed by atoms with E-state index in [1.54, 1.807) is 24.3 Å². The van der Waals surface area contributed by atoms with Crippen molar-refractivity contribution in [1.29, 1.82) is 0 Å². The molecule has 1 amide bonds. The summed E-state index contributed by atoms with van der Waals surface area (Å²) in [6, 6.07) is 6.90. The first kappa shape index (κ1) is 14.3. The largest absolute Gasteiger partial charge is 0.446 e. The van der Waals surface area contributed by atoms with E-state index in [4.69, 9.17) is 10.2 Å². The van der Waals surface area contributed by atoms with Crippen LogP contribution >= 0.6 is 15.9 Å². The Kier molecular flexibility index (Phi) is 3.33. The summed E-state index contributed by atoms with van der Waals surface area (Å²) in [4.78, 5) is 18.8. The molecule has 23 heavy (non-hydrogen) atoms. The summed E-state index contributed by atoms with van der Waals surface area (Å²) in [6.45, 7) is 1.59. The van der Waals surface area contributed by atoms with Gasteiger partial charge in [0.25, 0.3) is 5.91 Å². The second kappa shape index (κ2) is 5.38. The minimum absolute atomic E-state index is 0.0120. The molecule has 118 valence electrons. The molecule has 3 aromatic rings. The van der Waals surface area contributed by atoms with Gasteiger partial charge < -0.3 is 15.1 Å². The molecule has 3 aromatic heterocycles. The van der Waals surface area contributed by atoms with Crippen molar-refractivity contribution in [2.45, 2.75) is 12.8 Å². The number of nitrogens with zero attached hydrogens (tertiary/aromatic N) is 4. The molecule has 1 aliphatic heterocycles. The number of carbonyl (C=O) groups excluding carboxylic acids is 1. The summed E-state index contributed by atoms with van der Waals surface area (Å²) in [5.74, 6) is 1.32. The predicted molar refractivity (Wildman–Crippen MR) is 87.9 cm³/mol. The Morgan fingerprint density at radius 1 is 1.26 bits per heavy atom. The van der Waals surface area contributed by atoms with Crippen LogP contribution < -0.4 is 5.73 Å². The number of halogens is 1. The van der Waals surface area contributed by atoms with Crippen molar-refractivity contribution >= 4 is 33.3 Å². The lowest BCUT2D eigenvalue weighted by molar-refractivity contribution is 0.0793. The number of aromatic nitrogens is 3. The molecule has 0 aromatic carbocycles. The van der Waals surface area contributed by atoms with Crippen LogP contribution in [0.2, 0.25) is 0 Å². The van der Waals surface area contributed by atoms with E-state index in [0.29, 0.717) is 33.3 Å². The minimum Gasteiger partial charge on any atom is -0.446 e. The van der Waals surface area contributed by atoms with Gasteiger partial charge in [-0.2, -0.15) is 4.52 Å². The average Bonchev–Trinajstić information content (AvgIpc) is 3.25. The third-order valence-corrected chi connectivity index (χ3v) is 4.32. The van der Waals surface area contributed by atoms with E-state index < -0.39 is 0 Å². The van der Waals surface area contributed by atoms with Crippen molar-refractivity contribution in [3.63, 3.8) is 0 Å². The number of nitrogen functional groups attached to an aromatic ring is 1.